The quantitative estimate of drug-likeness (QED) is 0.498. The highest BCUT2D eigenvalue weighted by molar-refractivity contribution is 8.13. The summed E-state index contributed by atoms with van der Waals surface area (Å²) >= 11 is 7.55. The Morgan fingerprint density at radius 1 is 1.23 bits per heavy atom. The first kappa shape index (κ1) is 16.6. The number of benzene rings is 2. The molecule has 0 aliphatic rings. The number of nitrogens with two attached hydrogens (primary N) is 1. The van der Waals surface area contributed by atoms with Gasteiger partial charge < -0.3 is 5.73 Å². The summed E-state index contributed by atoms with van der Waals surface area (Å²) < 4.78 is 0. The Labute approximate surface area is 140 Å². The molecule has 0 aromatic heterocycles. The molecular weight excluding hydrogens is 314 g/mol. The van der Waals surface area contributed by atoms with Crippen LogP contribution >= 0.6 is 23.4 Å². The van der Waals surface area contributed by atoms with Gasteiger partial charge in [-0.1, -0.05) is 66.7 Å². The van der Waals surface area contributed by atoms with E-state index in [1.165, 1.54) is 17.3 Å². The summed E-state index contributed by atoms with van der Waals surface area (Å²) in [5, 5.41) is 9.27. The van der Waals surface area contributed by atoms with E-state index in [1.54, 1.807) is 6.21 Å². The second-order valence-electron chi connectivity index (χ2n) is 4.66. The largest absolute Gasteiger partial charge is 0.377 e. The molecule has 22 heavy (non-hydrogen) atoms. The molecule has 3 nitrogen and oxygen atoms in total. The molecule has 0 heterocycles. The van der Waals surface area contributed by atoms with Crippen LogP contribution in [0.4, 0.5) is 0 Å². The summed E-state index contributed by atoms with van der Waals surface area (Å²) in [5.74, 6) is 0.784. The van der Waals surface area contributed by atoms with E-state index in [0.29, 0.717) is 5.17 Å². The van der Waals surface area contributed by atoms with Crippen molar-refractivity contribution in [3.8, 4) is 0 Å². The molecule has 0 atom stereocenters. The highest BCUT2D eigenvalue weighted by Crippen LogP contribution is 2.17. The summed E-state index contributed by atoms with van der Waals surface area (Å²) in [6.07, 6.45) is 2.57. The molecule has 0 saturated heterocycles. The maximum atomic E-state index is 6.08. The van der Waals surface area contributed by atoms with Crippen LogP contribution in [0.5, 0.6) is 0 Å². The number of amidine groups is 1. The molecule has 0 amide bonds. The third-order valence-corrected chi connectivity index (χ3v) is 4.27. The summed E-state index contributed by atoms with van der Waals surface area (Å²) in [4.78, 5) is 0. The fourth-order valence-corrected chi connectivity index (χ4v) is 2.72. The van der Waals surface area contributed by atoms with E-state index in [4.69, 9.17) is 17.3 Å². The first-order chi connectivity index (χ1) is 10.7. The van der Waals surface area contributed by atoms with Crippen LogP contribution in [-0.4, -0.2) is 11.4 Å². The van der Waals surface area contributed by atoms with Gasteiger partial charge in [-0.25, -0.2) is 0 Å². The molecule has 0 aliphatic heterocycles. The van der Waals surface area contributed by atoms with Gasteiger partial charge in [-0.15, -0.1) is 5.10 Å². The van der Waals surface area contributed by atoms with E-state index in [9.17, 15) is 0 Å². The number of nitrogens with zero attached hydrogens (tertiary/aromatic N) is 2. The van der Waals surface area contributed by atoms with Crippen molar-refractivity contribution in [2.45, 2.75) is 19.1 Å². The molecule has 0 spiro atoms. The lowest BCUT2D eigenvalue weighted by atomic mass is 10.1. The van der Waals surface area contributed by atoms with Crippen LogP contribution in [0.3, 0.4) is 0 Å². The molecule has 2 aromatic carbocycles. The van der Waals surface area contributed by atoms with Crippen molar-refractivity contribution in [2.24, 2.45) is 15.9 Å². The smallest absolute Gasteiger partial charge is 0.180 e. The minimum Gasteiger partial charge on any atom is -0.377 e. The maximum absolute atomic E-state index is 6.08. The third-order valence-electron chi connectivity index (χ3n) is 3.04. The first-order valence-corrected chi connectivity index (χ1v) is 8.37. The normalized spacial score (nSPS) is 12.0. The fraction of sp³-hybridized carbons (Fsp3) is 0.176. The van der Waals surface area contributed by atoms with Crippen LogP contribution in [0.25, 0.3) is 0 Å². The lowest BCUT2D eigenvalue weighted by molar-refractivity contribution is 1.14. The zero-order chi connectivity index (χ0) is 15.8. The van der Waals surface area contributed by atoms with Crippen molar-refractivity contribution >= 4 is 34.7 Å². The number of halogens is 1. The zero-order valence-corrected chi connectivity index (χ0v) is 13.9. The second-order valence-corrected chi connectivity index (χ2v) is 6.06. The van der Waals surface area contributed by atoms with Crippen molar-refractivity contribution in [1.82, 2.24) is 0 Å². The predicted octanol–water partition coefficient (Wildman–Crippen LogP) is 4.48. The van der Waals surface area contributed by atoms with Crippen LogP contribution < -0.4 is 5.73 Å². The zero-order valence-electron chi connectivity index (χ0n) is 12.4. The van der Waals surface area contributed by atoms with Crippen molar-refractivity contribution in [3.05, 3.63) is 70.2 Å². The molecule has 2 rings (SSSR count). The topological polar surface area (TPSA) is 50.7 Å². The van der Waals surface area contributed by atoms with Gasteiger partial charge in [0.15, 0.2) is 5.17 Å². The molecule has 0 radical (unpaired) electrons. The minimum atomic E-state index is 0.449. The Hall–Kier alpha value is -1.78. The van der Waals surface area contributed by atoms with Gasteiger partial charge in [-0.2, -0.15) is 5.10 Å². The highest BCUT2D eigenvalue weighted by Gasteiger charge is 1.99. The Bertz CT molecular complexity index is 669. The molecule has 0 unspecified atom stereocenters. The van der Waals surface area contributed by atoms with Gasteiger partial charge in [0.2, 0.25) is 0 Å². The summed E-state index contributed by atoms with van der Waals surface area (Å²) in [7, 11) is 0. The first-order valence-electron chi connectivity index (χ1n) is 7.00. The molecule has 114 valence electrons. The lowest BCUT2D eigenvalue weighted by Crippen LogP contribution is -2.06. The molecule has 0 fully saturated rings. The average Bonchev–Trinajstić information content (AvgIpc) is 2.55. The average molecular weight is 332 g/mol. The van der Waals surface area contributed by atoms with Gasteiger partial charge >= 0.3 is 0 Å². The van der Waals surface area contributed by atoms with Gasteiger partial charge in [-0.05, 0) is 35.2 Å². The van der Waals surface area contributed by atoms with Crippen LogP contribution in [0, 0.1) is 0 Å². The molecule has 0 saturated carbocycles. The van der Waals surface area contributed by atoms with Crippen molar-refractivity contribution < 1.29 is 0 Å². The Kier molecular flexibility index (Phi) is 6.49. The Morgan fingerprint density at radius 2 is 2.00 bits per heavy atom. The third kappa shape index (κ3) is 5.20. The maximum Gasteiger partial charge on any atom is 0.180 e. The summed E-state index contributed by atoms with van der Waals surface area (Å²) in [6, 6.07) is 15.9. The molecule has 2 aromatic rings. The van der Waals surface area contributed by atoms with Gasteiger partial charge in [0.05, 0.1) is 6.21 Å². The molecule has 0 aliphatic carbocycles. The predicted molar refractivity (Wildman–Crippen MR) is 97.8 cm³/mol. The van der Waals surface area contributed by atoms with E-state index in [1.807, 2.05) is 36.4 Å². The van der Waals surface area contributed by atoms with Crippen molar-refractivity contribution in [2.75, 3.05) is 0 Å². The van der Waals surface area contributed by atoms with Crippen LogP contribution in [0.15, 0.2) is 58.7 Å². The SMILES string of the molecule is CCc1cc(C=NN=C(N)SCc2ccccc2)ccc1Cl. The van der Waals surface area contributed by atoms with E-state index < -0.39 is 0 Å². The standard InChI is InChI=1S/C17H18ClN3S/c1-2-15-10-14(8-9-16(15)18)11-20-21-17(19)22-12-13-6-4-3-5-7-13/h3-11H,2,12H2,1H3,(H2,19,21). The number of rotatable bonds is 5. The highest BCUT2D eigenvalue weighted by atomic mass is 35.5. The van der Waals surface area contributed by atoms with E-state index in [-0.39, 0.29) is 0 Å². The number of aryl methyl sites for hydroxylation is 1. The van der Waals surface area contributed by atoms with Crippen molar-refractivity contribution in [1.29, 1.82) is 0 Å². The lowest BCUT2D eigenvalue weighted by Gasteiger charge is -2.01. The second kappa shape index (κ2) is 8.61. The van der Waals surface area contributed by atoms with E-state index in [0.717, 1.165) is 28.3 Å². The monoisotopic (exact) mass is 331 g/mol. The molecule has 2 N–H and O–H groups in total. The van der Waals surface area contributed by atoms with E-state index in [2.05, 4.69) is 29.3 Å². The molecular formula is C17H18ClN3S. The van der Waals surface area contributed by atoms with Gasteiger partial charge in [0.1, 0.15) is 0 Å². The van der Waals surface area contributed by atoms with E-state index >= 15 is 0 Å². The minimum absolute atomic E-state index is 0.449. The van der Waals surface area contributed by atoms with Crippen molar-refractivity contribution in [3.63, 3.8) is 0 Å². The van der Waals surface area contributed by atoms with Gasteiger partial charge in [0, 0.05) is 10.8 Å². The van der Waals surface area contributed by atoms with Crippen LogP contribution in [-0.2, 0) is 12.2 Å². The Balaban J connectivity index is 1.92. The number of hydrogen-bond acceptors (Lipinski definition) is 3. The molecule has 0 bridgehead atoms. The summed E-state index contributed by atoms with van der Waals surface area (Å²) in [6.45, 7) is 2.07. The number of hydrogen-bond donors (Lipinski definition) is 1. The fourth-order valence-electron chi connectivity index (χ4n) is 1.86. The molecule has 5 heteroatoms. The van der Waals surface area contributed by atoms with Crippen LogP contribution in [0.1, 0.15) is 23.6 Å². The van der Waals surface area contributed by atoms with Gasteiger partial charge in [-0.3, -0.25) is 0 Å². The summed E-state index contributed by atoms with van der Waals surface area (Å²) in [5.41, 5.74) is 9.11. The van der Waals surface area contributed by atoms with Crippen LogP contribution in [0.2, 0.25) is 5.02 Å². The Morgan fingerprint density at radius 3 is 2.73 bits per heavy atom. The number of thioether (sulfide) groups is 1. The van der Waals surface area contributed by atoms with Gasteiger partial charge in [0.25, 0.3) is 0 Å².